The zero-order valence-electron chi connectivity index (χ0n) is 13.8. The highest BCUT2D eigenvalue weighted by Gasteiger charge is 2.07. The summed E-state index contributed by atoms with van der Waals surface area (Å²) in [5.41, 5.74) is 4.43. The monoisotopic (exact) mass is 395 g/mol. The summed E-state index contributed by atoms with van der Waals surface area (Å²) >= 11 is 3.37. The highest BCUT2D eigenvalue weighted by molar-refractivity contribution is 9.10. The van der Waals surface area contributed by atoms with E-state index in [1.54, 1.807) is 12.3 Å². The van der Waals surface area contributed by atoms with Crippen molar-refractivity contribution in [1.82, 2.24) is 4.98 Å². The van der Waals surface area contributed by atoms with Crippen LogP contribution in [0.25, 0.3) is 0 Å². The SMILES string of the molecule is Cc1ccc(CNc2ccc(C(=O)Nc3ccc(Br)cc3)nc2)cc1. The maximum absolute atomic E-state index is 12.2. The van der Waals surface area contributed by atoms with Crippen LogP contribution in [0.3, 0.4) is 0 Å². The average Bonchev–Trinajstić information content (AvgIpc) is 2.63. The molecule has 1 aromatic heterocycles. The molecule has 25 heavy (non-hydrogen) atoms. The number of hydrogen-bond acceptors (Lipinski definition) is 3. The first kappa shape index (κ1) is 17.2. The zero-order chi connectivity index (χ0) is 17.6. The second-order valence-electron chi connectivity index (χ2n) is 5.73. The number of halogens is 1. The van der Waals surface area contributed by atoms with E-state index in [4.69, 9.17) is 0 Å². The van der Waals surface area contributed by atoms with E-state index >= 15 is 0 Å². The van der Waals surface area contributed by atoms with E-state index in [0.717, 1.165) is 15.8 Å². The van der Waals surface area contributed by atoms with Crippen molar-refractivity contribution in [2.45, 2.75) is 13.5 Å². The first-order valence-corrected chi connectivity index (χ1v) is 8.72. The summed E-state index contributed by atoms with van der Waals surface area (Å²) in [5, 5.41) is 6.13. The third-order valence-corrected chi connectivity index (χ3v) is 4.24. The van der Waals surface area contributed by atoms with Crippen LogP contribution in [-0.4, -0.2) is 10.9 Å². The highest BCUT2D eigenvalue weighted by Crippen LogP contribution is 2.15. The minimum absolute atomic E-state index is 0.229. The molecule has 126 valence electrons. The minimum Gasteiger partial charge on any atom is -0.380 e. The second kappa shape index (κ2) is 7.94. The molecule has 2 N–H and O–H groups in total. The van der Waals surface area contributed by atoms with Gasteiger partial charge in [0.15, 0.2) is 0 Å². The van der Waals surface area contributed by atoms with Crippen molar-refractivity contribution < 1.29 is 4.79 Å². The van der Waals surface area contributed by atoms with Gasteiger partial charge in [0.05, 0.1) is 11.9 Å². The molecule has 3 rings (SSSR count). The van der Waals surface area contributed by atoms with E-state index in [-0.39, 0.29) is 5.91 Å². The van der Waals surface area contributed by atoms with Gasteiger partial charge in [0, 0.05) is 16.7 Å². The minimum atomic E-state index is -0.229. The number of anilines is 2. The lowest BCUT2D eigenvalue weighted by Gasteiger charge is -2.08. The standard InChI is InChI=1S/C20H18BrN3O/c1-14-2-4-15(5-3-14)12-22-18-10-11-19(23-13-18)20(25)24-17-8-6-16(21)7-9-17/h2-11,13,22H,12H2,1H3,(H,24,25). The number of nitrogens with zero attached hydrogens (tertiary/aromatic N) is 1. The lowest BCUT2D eigenvalue weighted by atomic mass is 10.1. The van der Waals surface area contributed by atoms with Crippen LogP contribution in [0.1, 0.15) is 21.6 Å². The number of nitrogens with one attached hydrogen (secondary N) is 2. The van der Waals surface area contributed by atoms with Crippen LogP contribution in [0.2, 0.25) is 0 Å². The predicted molar refractivity (Wildman–Crippen MR) is 105 cm³/mol. The van der Waals surface area contributed by atoms with Gasteiger partial charge >= 0.3 is 0 Å². The first-order chi connectivity index (χ1) is 12.1. The lowest BCUT2D eigenvalue weighted by Crippen LogP contribution is -2.13. The van der Waals surface area contributed by atoms with Crippen molar-refractivity contribution in [3.05, 3.63) is 88.2 Å². The highest BCUT2D eigenvalue weighted by atomic mass is 79.9. The maximum Gasteiger partial charge on any atom is 0.274 e. The third-order valence-electron chi connectivity index (χ3n) is 3.72. The van der Waals surface area contributed by atoms with Gasteiger partial charge in [0.1, 0.15) is 5.69 Å². The second-order valence-corrected chi connectivity index (χ2v) is 6.65. The van der Waals surface area contributed by atoms with Gasteiger partial charge in [-0.15, -0.1) is 0 Å². The molecule has 0 unspecified atom stereocenters. The molecule has 0 atom stereocenters. The van der Waals surface area contributed by atoms with Crippen molar-refractivity contribution >= 4 is 33.2 Å². The Bertz CT molecular complexity index is 844. The first-order valence-electron chi connectivity index (χ1n) is 7.92. The Morgan fingerprint density at radius 3 is 2.28 bits per heavy atom. The smallest absolute Gasteiger partial charge is 0.274 e. The molecule has 0 aliphatic carbocycles. The average molecular weight is 396 g/mol. The number of aromatic nitrogens is 1. The zero-order valence-corrected chi connectivity index (χ0v) is 15.4. The lowest BCUT2D eigenvalue weighted by molar-refractivity contribution is 0.102. The molecule has 0 spiro atoms. The molecule has 0 fully saturated rings. The number of benzene rings is 2. The number of pyridine rings is 1. The fraction of sp³-hybridized carbons (Fsp3) is 0.100. The molecular weight excluding hydrogens is 378 g/mol. The van der Waals surface area contributed by atoms with E-state index in [2.05, 4.69) is 62.7 Å². The fourth-order valence-corrected chi connectivity index (χ4v) is 2.54. The normalized spacial score (nSPS) is 10.3. The van der Waals surface area contributed by atoms with E-state index in [0.29, 0.717) is 12.2 Å². The molecular formula is C20H18BrN3O. The van der Waals surface area contributed by atoms with E-state index in [1.165, 1.54) is 11.1 Å². The largest absolute Gasteiger partial charge is 0.380 e. The Hall–Kier alpha value is -2.66. The molecule has 4 nitrogen and oxygen atoms in total. The van der Waals surface area contributed by atoms with Crippen LogP contribution in [0.4, 0.5) is 11.4 Å². The number of carbonyl (C=O) groups excluding carboxylic acids is 1. The molecule has 1 heterocycles. The summed E-state index contributed by atoms with van der Waals surface area (Å²) in [7, 11) is 0. The number of rotatable bonds is 5. The summed E-state index contributed by atoms with van der Waals surface area (Å²) in [5.74, 6) is -0.229. The molecule has 0 aliphatic rings. The van der Waals surface area contributed by atoms with Crippen LogP contribution < -0.4 is 10.6 Å². The molecule has 1 amide bonds. The molecule has 5 heteroatoms. The summed E-state index contributed by atoms with van der Waals surface area (Å²) in [6.07, 6.45) is 1.67. The summed E-state index contributed by atoms with van der Waals surface area (Å²) in [4.78, 5) is 16.5. The molecule has 0 radical (unpaired) electrons. The van der Waals surface area contributed by atoms with E-state index < -0.39 is 0 Å². The van der Waals surface area contributed by atoms with Gasteiger partial charge in [0.25, 0.3) is 5.91 Å². The molecule has 2 aromatic carbocycles. The Balaban J connectivity index is 1.58. The van der Waals surface area contributed by atoms with Crippen molar-refractivity contribution in [3.8, 4) is 0 Å². The summed E-state index contributed by atoms with van der Waals surface area (Å²) in [6, 6.07) is 19.4. The van der Waals surface area contributed by atoms with Crippen molar-refractivity contribution in [1.29, 1.82) is 0 Å². The van der Waals surface area contributed by atoms with Gasteiger partial charge in [-0.1, -0.05) is 45.8 Å². The predicted octanol–water partition coefficient (Wildman–Crippen LogP) is 5.02. The Labute approximate surface area is 155 Å². The number of amides is 1. The van der Waals surface area contributed by atoms with Crippen LogP contribution >= 0.6 is 15.9 Å². The van der Waals surface area contributed by atoms with Gasteiger partial charge in [-0.3, -0.25) is 4.79 Å². The van der Waals surface area contributed by atoms with Gasteiger partial charge in [-0.05, 0) is 48.9 Å². The summed E-state index contributed by atoms with van der Waals surface area (Å²) in [6.45, 7) is 2.78. The number of hydrogen-bond donors (Lipinski definition) is 2. The van der Waals surface area contributed by atoms with Crippen molar-refractivity contribution in [3.63, 3.8) is 0 Å². The molecule has 0 aliphatic heterocycles. The van der Waals surface area contributed by atoms with Crippen LogP contribution in [0, 0.1) is 6.92 Å². The molecule has 0 saturated carbocycles. The van der Waals surface area contributed by atoms with Gasteiger partial charge in [-0.25, -0.2) is 4.98 Å². The molecule has 0 bridgehead atoms. The van der Waals surface area contributed by atoms with Crippen molar-refractivity contribution in [2.24, 2.45) is 0 Å². The topological polar surface area (TPSA) is 54.0 Å². The Morgan fingerprint density at radius 1 is 0.960 bits per heavy atom. The van der Waals surface area contributed by atoms with Crippen LogP contribution in [-0.2, 0) is 6.54 Å². The molecule has 0 saturated heterocycles. The fourth-order valence-electron chi connectivity index (χ4n) is 2.27. The van der Waals surface area contributed by atoms with Gasteiger partial charge in [-0.2, -0.15) is 0 Å². The Morgan fingerprint density at radius 2 is 1.64 bits per heavy atom. The van der Waals surface area contributed by atoms with Crippen LogP contribution in [0.15, 0.2) is 71.3 Å². The third kappa shape index (κ3) is 4.90. The quantitative estimate of drug-likeness (QED) is 0.637. The summed E-state index contributed by atoms with van der Waals surface area (Å²) < 4.78 is 0.965. The Kier molecular flexibility index (Phi) is 5.46. The van der Waals surface area contributed by atoms with Crippen LogP contribution in [0.5, 0.6) is 0 Å². The number of aryl methyl sites for hydroxylation is 1. The van der Waals surface area contributed by atoms with Crippen molar-refractivity contribution in [2.75, 3.05) is 10.6 Å². The van der Waals surface area contributed by atoms with E-state index in [9.17, 15) is 4.79 Å². The van der Waals surface area contributed by atoms with E-state index in [1.807, 2.05) is 30.3 Å². The molecule has 3 aromatic rings. The maximum atomic E-state index is 12.2. The van der Waals surface area contributed by atoms with Gasteiger partial charge in [0.2, 0.25) is 0 Å². The van der Waals surface area contributed by atoms with Gasteiger partial charge < -0.3 is 10.6 Å². The number of carbonyl (C=O) groups is 1.